The molecule has 3 rings (SSSR count). The van der Waals surface area contributed by atoms with Gasteiger partial charge in [-0.05, 0) is 43.5 Å². The van der Waals surface area contributed by atoms with Gasteiger partial charge in [-0.1, -0.05) is 26.8 Å². The largest absolute Gasteiger partial charge is 0.471 e. The number of anilines is 1. The Labute approximate surface area is 191 Å². The molecule has 0 N–H and O–H groups in total. The van der Waals surface area contributed by atoms with Crippen molar-refractivity contribution in [1.29, 1.82) is 0 Å². The fourth-order valence-electron chi connectivity index (χ4n) is 3.98. The lowest BCUT2D eigenvalue weighted by Crippen LogP contribution is -2.32. The molecule has 0 bridgehead atoms. The van der Waals surface area contributed by atoms with Gasteiger partial charge >= 0.3 is 0 Å². The summed E-state index contributed by atoms with van der Waals surface area (Å²) >= 11 is 0. The Kier molecular flexibility index (Phi) is 7.12. The standard InChI is InChI=1S/C24H27F4NO3S/c1-6-9-29-15(5)32-24(13(2)3)17-10-16(7-8-19(17)29)11-33(30,31)12-18-22(27)20(25)14(4)21(26)23(18)28/h7-8,10,13,24H,5-6,9,11-12H2,1-4H3. The average molecular weight is 486 g/mol. The van der Waals surface area contributed by atoms with Crippen molar-refractivity contribution in [2.24, 2.45) is 5.92 Å². The topological polar surface area (TPSA) is 46.6 Å². The molecule has 2 aromatic carbocycles. The van der Waals surface area contributed by atoms with Gasteiger partial charge in [-0.15, -0.1) is 0 Å². The lowest BCUT2D eigenvalue weighted by Gasteiger charge is -2.39. The van der Waals surface area contributed by atoms with Crippen LogP contribution in [0.25, 0.3) is 0 Å². The molecule has 1 atom stereocenters. The molecular formula is C24H27F4NO3S. The van der Waals surface area contributed by atoms with E-state index in [2.05, 4.69) is 6.58 Å². The Morgan fingerprint density at radius 2 is 1.67 bits per heavy atom. The molecule has 1 aliphatic rings. The third-order valence-corrected chi connectivity index (χ3v) is 7.13. The highest BCUT2D eigenvalue weighted by molar-refractivity contribution is 7.89. The van der Waals surface area contributed by atoms with Crippen LogP contribution in [0.1, 0.15) is 55.5 Å². The van der Waals surface area contributed by atoms with E-state index in [4.69, 9.17) is 4.74 Å². The molecule has 0 amide bonds. The third kappa shape index (κ3) is 4.88. The SMILES string of the molecule is C=C1OC(C(C)C)c2cc(CS(=O)(=O)Cc3c(F)c(F)c(C)c(F)c3F)ccc2N1CCC. The molecule has 1 aliphatic heterocycles. The maximum absolute atomic E-state index is 14.2. The first-order valence-corrected chi connectivity index (χ1v) is 12.5. The summed E-state index contributed by atoms with van der Waals surface area (Å²) in [6.07, 6.45) is 0.490. The van der Waals surface area contributed by atoms with Gasteiger partial charge in [-0.25, -0.2) is 26.0 Å². The number of ether oxygens (including phenoxy) is 1. The fourth-order valence-corrected chi connectivity index (χ4v) is 5.46. The number of hydrogen-bond donors (Lipinski definition) is 0. The second-order valence-corrected chi connectivity index (χ2v) is 10.7. The lowest BCUT2D eigenvalue weighted by molar-refractivity contribution is 0.0649. The second kappa shape index (κ2) is 9.37. The van der Waals surface area contributed by atoms with Gasteiger partial charge in [0.05, 0.1) is 17.2 Å². The first-order valence-electron chi connectivity index (χ1n) is 10.7. The highest BCUT2D eigenvalue weighted by Gasteiger charge is 2.32. The minimum Gasteiger partial charge on any atom is -0.471 e. The predicted molar refractivity (Wildman–Crippen MR) is 119 cm³/mol. The Bertz CT molecular complexity index is 1170. The number of halogens is 4. The highest BCUT2D eigenvalue weighted by atomic mass is 32.2. The van der Waals surface area contributed by atoms with E-state index in [9.17, 15) is 26.0 Å². The zero-order valence-corrected chi connectivity index (χ0v) is 19.8. The van der Waals surface area contributed by atoms with Gasteiger partial charge in [0, 0.05) is 23.2 Å². The zero-order valence-electron chi connectivity index (χ0n) is 19.0. The summed E-state index contributed by atoms with van der Waals surface area (Å²) in [4.78, 5) is 1.91. The minimum absolute atomic E-state index is 0.0674. The van der Waals surface area contributed by atoms with E-state index >= 15 is 0 Å². The van der Waals surface area contributed by atoms with E-state index in [-0.39, 0.29) is 12.0 Å². The Morgan fingerprint density at radius 3 is 2.21 bits per heavy atom. The van der Waals surface area contributed by atoms with Gasteiger partial charge in [-0.3, -0.25) is 0 Å². The molecule has 0 aliphatic carbocycles. The van der Waals surface area contributed by atoms with Crippen LogP contribution < -0.4 is 4.90 Å². The average Bonchev–Trinajstić information content (AvgIpc) is 2.75. The van der Waals surface area contributed by atoms with Crippen molar-refractivity contribution in [1.82, 2.24) is 0 Å². The summed E-state index contributed by atoms with van der Waals surface area (Å²) in [5.41, 5.74) is 0.0398. The molecule has 0 spiro atoms. The molecule has 1 unspecified atom stereocenters. The summed E-state index contributed by atoms with van der Waals surface area (Å²) in [6.45, 7) is 11.5. The van der Waals surface area contributed by atoms with Crippen LogP contribution >= 0.6 is 0 Å². The normalized spacial score (nSPS) is 16.2. The predicted octanol–water partition coefficient (Wildman–Crippen LogP) is 6.08. The first-order chi connectivity index (χ1) is 15.4. The molecule has 0 aromatic heterocycles. The zero-order chi connectivity index (χ0) is 24.7. The molecule has 0 radical (unpaired) electrons. The molecule has 33 heavy (non-hydrogen) atoms. The Hall–Kier alpha value is -2.55. The van der Waals surface area contributed by atoms with Crippen LogP contribution in [0.15, 0.2) is 30.7 Å². The lowest BCUT2D eigenvalue weighted by atomic mass is 9.94. The van der Waals surface area contributed by atoms with Crippen LogP contribution in [0.3, 0.4) is 0 Å². The van der Waals surface area contributed by atoms with E-state index in [1.807, 2.05) is 25.7 Å². The fraction of sp³-hybridized carbons (Fsp3) is 0.417. The molecule has 4 nitrogen and oxygen atoms in total. The quantitative estimate of drug-likeness (QED) is 0.352. The Balaban J connectivity index is 1.96. The molecule has 0 saturated carbocycles. The molecule has 9 heteroatoms. The molecule has 0 fully saturated rings. The second-order valence-electron chi connectivity index (χ2n) is 8.61. The number of fused-ring (bicyclic) bond motifs is 1. The third-order valence-electron chi connectivity index (χ3n) is 5.63. The van der Waals surface area contributed by atoms with Gasteiger partial charge in [0.1, 0.15) is 6.10 Å². The maximum atomic E-state index is 14.2. The number of nitrogens with zero attached hydrogens (tertiary/aromatic N) is 1. The van der Waals surface area contributed by atoms with Crippen molar-refractivity contribution < 1.29 is 30.7 Å². The highest BCUT2D eigenvalue weighted by Crippen LogP contribution is 2.42. The van der Waals surface area contributed by atoms with Crippen LogP contribution in [0, 0.1) is 36.1 Å². The van der Waals surface area contributed by atoms with E-state index in [1.54, 1.807) is 18.2 Å². The van der Waals surface area contributed by atoms with Gasteiger partial charge in [0.2, 0.25) is 0 Å². The van der Waals surface area contributed by atoms with Gasteiger partial charge in [0.25, 0.3) is 0 Å². The first kappa shape index (κ1) is 25.1. The van der Waals surface area contributed by atoms with Crippen molar-refractivity contribution in [3.8, 4) is 0 Å². The molecule has 2 aromatic rings. The van der Waals surface area contributed by atoms with Crippen LogP contribution in [0.2, 0.25) is 0 Å². The van der Waals surface area contributed by atoms with Crippen LogP contribution in [0.4, 0.5) is 23.2 Å². The summed E-state index contributed by atoms with van der Waals surface area (Å²) in [7, 11) is -4.16. The smallest absolute Gasteiger partial charge is 0.187 e. The van der Waals surface area contributed by atoms with Gasteiger partial charge in [-0.2, -0.15) is 0 Å². The molecular weight excluding hydrogens is 458 g/mol. The van der Waals surface area contributed by atoms with Crippen molar-refractivity contribution in [2.75, 3.05) is 11.4 Å². The molecule has 180 valence electrons. The van der Waals surface area contributed by atoms with Gasteiger partial charge < -0.3 is 9.64 Å². The van der Waals surface area contributed by atoms with Crippen LogP contribution in [-0.2, 0) is 26.1 Å². The van der Waals surface area contributed by atoms with Crippen molar-refractivity contribution in [3.63, 3.8) is 0 Å². The minimum atomic E-state index is -4.16. The van der Waals surface area contributed by atoms with E-state index in [1.165, 1.54) is 0 Å². The number of rotatable bonds is 7. The van der Waals surface area contributed by atoms with E-state index in [0.717, 1.165) is 24.6 Å². The molecule has 1 heterocycles. The summed E-state index contributed by atoms with van der Waals surface area (Å²) in [5.74, 6) is -7.73. The number of benzene rings is 2. The van der Waals surface area contributed by atoms with Crippen molar-refractivity contribution in [3.05, 3.63) is 76.2 Å². The van der Waals surface area contributed by atoms with Gasteiger partial charge in [0.15, 0.2) is 39.0 Å². The van der Waals surface area contributed by atoms with Crippen LogP contribution in [0.5, 0.6) is 0 Å². The summed E-state index contributed by atoms with van der Waals surface area (Å²) in [5, 5.41) is 0. The Morgan fingerprint density at radius 1 is 1.06 bits per heavy atom. The monoisotopic (exact) mass is 485 g/mol. The van der Waals surface area contributed by atoms with Crippen LogP contribution in [-0.4, -0.2) is 15.0 Å². The summed E-state index contributed by atoms with van der Waals surface area (Å²) < 4.78 is 87.7. The van der Waals surface area contributed by atoms with E-state index in [0.29, 0.717) is 18.0 Å². The van der Waals surface area contributed by atoms with E-state index < -0.39 is 55.7 Å². The number of hydrogen-bond acceptors (Lipinski definition) is 4. The van der Waals surface area contributed by atoms with Crippen molar-refractivity contribution in [2.45, 2.75) is 51.7 Å². The molecule has 0 saturated heterocycles. The van der Waals surface area contributed by atoms with Crippen molar-refractivity contribution >= 4 is 15.5 Å². The summed E-state index contributed by atoms with van der Waals surface area (Å²) in [6, 6.07) is 5.07. The maximum Gasteiger partial charge on any atom is 0.187 e. The number of sulfone groups is 1.